The van der Waals surface area contributed by atoms with Crippen LogP contribution in [0.4, 0.5) is 0 Å². The molecule has 0 unspecified atom stereocenters. The van der Waals surface area contributed by atoms with Crippen LogP contribution in [0.2, 0.25) is 0 Å². The van der Waals surface area contributed by atoms with Crippen LogP contribution in [0.15, 0.2) is 41.4 Å². The van der Waals surface area contributed by atoms with Gasteiger partial charge in [0, 0.05) is 11.1 Å². The summed E-state index contributed by atoms with van der Waals surface area (Å²) in [5, 5.41) is 7.53. The highest BCUT2D eigenvalue weighted by atomic mass is 16.4. The topological polar surface area (TPSA) is 108 Å². The molecule has 0 aliphatic heterocycles. The third kappa shape index (κ3) is 2.48. The van der Waals surface area contributed by atoms with Crippen molar-refractivity contribution in [3.8, 4) is 22.7 Å². The summed E-state index contributed by atoms with van der Waals surface area (Å²) in [6.07, 6.45) is 4.15. The van der Waals surface area contributed by atoms with Crippen molar-refractivity contribution in [2.75, 3.05) is 0 Å². The molecule has 1 amide bonds. The van der Waals surface area contributed by atoms with E-state index in [2.05, 4.69) is 20.2 Å². The molecule has 2 heterocycles. The summed E-state index contributed by atoms with van der Waals surface area (Å²) in [4.78, 5) is 19.2. The minimum Gasteiger partial charge on any atom is -0.423 e. The summed E-state index contributed by atoms with van der Waals surface area (Å²) < 4.78 is 5.18. The lowest BCUT2D eigenvalue weighted by molar-refractivity contribution is 0.0995. The molecule has 0 bridgehead atoms. The van der Waals surface area contributed by atoms with Crippen molar-refractivity contribution in [1.82, 2.24) is 20.2 Å². The van der Waals surface area contributed by atoms with Gasteiger partial charge in [0.1, 0.15) is 5.69 Å². The number of benzene rings is 1. The van der Waals surface area contributed by atoms with Crippen molar-refractivity contribution in [3.05, 3.63) is 48.2 Å². The Morgan fingerprint density at radius 3 is 2.71 bits per heavy atom. The lowest BCUT2D eigenvalue weighted by Crippen LogP contribution is -2.13. The molecule has 0 radical (unpaired) electrons. The Hall–Kier alpha value is -3.09. The zero-order valence-electron chi connectivity index (χ0n) is 11.1. The Morgan fingerprint density at radius 1 is 1.24 bits per heavy atom. The smallest absolute Gasteiger partial charge is 0.268 e. The largest absolute Gasteiger partial charge is 0.423 e. The van der Waals surface area contributed by atoms with Gasteiger partial charge >= 0.3 is 0 Å². The van der Waals surface area contributed by atoms with Gasteiger partial charge in [-0.15, -0.1) is 10.2 Å². The molecule has 2 aromatic heterocycles. The van der Waals surface area contributed by atoms with E-state index >= 15 is 0 Å². The Balaban J connectivity index is 2.05. The summed E-state index contributed by atoms with van der Waals surface area (Å²) in [7, 11) is 0. The average Bonchev–Trinajstić information content (AvgIpc) is 3.02. The standard InChI is InChI=1S/C14H11N5O2/c1-8-2-3-9(14-19-18-7-21-14)4-10(8)11-5-17-12(6-16-11)13(15)20/h2-7H,1H3,(H2,15,20). The van der Waals surface area contributed by atoms with Gasteiger partial charge in [-0.25, -0.2) is 4.98 Å². The molecule has 1 aromatic carbocycles. The summed E-state index contributed by atoms with van der Waals surface area (Å²) in [6.45, 7) is 1.95. The molecule has 3 aromatic rings. The molecule has 0 spiro atoms. The van der Waals surface area contributed by atoms with Crippen molar-refractivity contribution in [2.45, 2.75) is 6.92 Å². The van der Waals surface area contributed by atoms with Crippen molar-refractivity contribution >= 4 is 5.91 Å². The first-order valence-electron chi connectivity index (χ1n) is 6.14. The van der Waals surface area contributed by atoms with Gasteiger partial charge in [0.2, 0.25) is 12.3 Å². The number of nitrogens with two attached hydrogens (primary N) is 1. The lowest BCUT2D eigenvalue weighted by Gasteiger charge is -2.06. The molecule has 0 fully saturated rings. The Bertz CT molecular complexity index is 782. The van der Waals surface area contributed by atoms with E-state index in [9.17, 15) is 4.79 Å². The van der Waals surface area contributed by atoms with Crippen LogP contribution in [0.5, 0.6) is 0 Å². The molecule has 0 aliphatic rings. The number of rotatable bonds is 3. The number of nitrogens with zero attached hydrogens (tertiary/aromatic N) is 4. The Morgan fingerprint density at radius 2 is 2.10 bits per heavy atom. The fourth-order valence-electron chi connectivity index (χ4n) is 1.92. The van der Waals surface area contributed by atoms with E-state index in [1.807, 2.05) is 25.1 Å². The maximum atomic E-state index is 11.0. The van der Waals surface area contributed by atoms with Crippen LogP contribution >= 0.6 is 0 Å². The summed E-state index contributed by atoms with van der Waals surface area (Å²) >= 11 is 0. The van der Waals surface area contributed by atoms with E-state index in [4.69, 9.17) is 10.2 Å². The van der Waals surface area contributed by atoms with Gasteiger partial charge in [-0.2, -0.15) is 0 Å². The second kappa shape index (κ2) is 5.12. The summed E-state index contributed by atoms with van der Waals surface area (Å²) in [5.41, 5.74) is 8.59. The molecule has 21 heavy (non-hydrogen) atoms. The summed E-state index contributed by atoms with van der Waals surface area (Å²) in [5.74, 6) is -0.177. The van der Waals surface area contributed by atoms with Crippen LogP contribution in [-0.2, 0) is 0 Å². The number of carbonyl (C=O) groups is 1. The Labute approximate surface area is 119 Å². The first kappa shape index (κ1) is 12.9. The van der Waals surface area contributed by atoms with E-state index in [0.717, 1.165) is 16.7 Å². The first-order valence-corrected chi connectivity index (χ1v) is 6.14. The lowest BCUT2D eigenvalue weighted by atomic mass is 10.0. The monoisotopic (exact) mass is 281 g/mol. The molecule has 0 atom stereocenters. The average molecular weight is 281 g/mol. The predicted octanol–water partition coefficient (Wildman–Crippen LogP) is 1.60. The first-order chi connectivity index (χ1) is 10.1. The van der Waals surface area contributed by atoms with Gasteiger partial charge < -0.3 is 10.2 Å². The second-order valence-corrected chi connectivity index (χ2v) is 4.42. The molecular formula is C14H11N5O2. The minimum absolute atomic E-state index is 0.129. The van der Waals surface area contributed by atoms with E-state index in [1.165, 1.54) is 18.8 Å². The van der Waals surface area contributed by atoms with Gasteiger partial charge in [0.15, 0.2) is 0 Å². The predicted molar refractivity (Wildman–Crippen MR) is 74.0 cm³/mol. The molecule has 104 valence electrons. The van der Waals surface area contributed by atoms with Crippen LogP contribution in [0.1, 0.15) is 16.1 Å². The highest BCUT2D eigenvalue weighted by Crippen LogP contribution is 2.26. The minimum atomic E-state index is -0.606. The molecule has 7 nitrogen and oxygen atoms in total. The summed E-state index contributed by atoms with van der Waals surface area (Å²) in [6, 6.07) is 5.70. The van der Waals surface area contributed by atoms with E-state index < -0.39 is 5.91 Å². The molecule has 2 N–H and O–H groups in total. The van der Waals surface area contributed by atoms with E-state index in [0.29, 0.717) is 11.6 Å². The van der Waals surface area contributed by atoms with E-state index in [-0.39, 0.29) is 5.69 Å². The van der Waals surface area contributed by atoms with Crippen molar-refractivity contribution < 1.29 is 9.21 Å². The van der Waals surface area contributed by atoms with Gasteiger partial charge in [-0.1, -0.05) is 6.07 Å². The zero-order chi connectivity index (χ0) is 14.8. The highest BCUT2D eigenvalue weighted by Gasteiger charge is 2.10. The third-order valence-electron chi connectivity index (χ3n) is 3.02. The molecule has 0 saturated heterocycles. The number of primary amides is 1. The molecule has 7 heteroatoms. The van der Waals surface area contributed by atoms with Crippen LogP contribution in [0.3, 0.4) is 0 Å². The van der Waals surface area contributed by atoms with Gasteiger partial charge in [-0.3, -0.25) is 9.78 Å². The molecular weight excluding hydrogens is 270 g/mol. The highest BCUT2D eigenvalue weighted by molar-refractivity contribution is 5.90. The van der Waals surface area contributed by atoms with Crippen LogP contribution in [0, 0.1) is 6.92 Å². The number of amides is 1. The molecule has 0 saturated carbocycles. The van der Waals surface area contributed by atoms with E-state index in [1.54, 1.807) is 0 Å². The normalized spacial score (nSPS) is 10.5. The fraction of sp³-hybridized carbons (Fsp3) is 0.0714. The molecule has 0 aliphatic carbocycles. The number of aryl methyl sites for hydroxylation is 1. The van der Waals surface area contributed by atoms with Crippen molar-refractivity contribution in [1.29, 1.82) is 0 Å². The molecule has 3 rings (SSSR count). The second-order valence-electron chi connectivity index (χ2n) is 4.42. The SMILES string of the molecule is Cc1ccc(-c2nnco2)cc1-c1cnc(C(N)=O)cn1. The van der Waals surface area contributed by atoms with Gasteiger partial charge in [-0.05, 0) is 24.6 Å². The third-order valence-corrected chi connectivity index (χ3v) is 3.02. The van der Waals surface area contributed by atoms with Crippen LogP contribution in [-0.4, -0.2) is 26.1 Å². The number of hydrogen-bond acceptors (Lipinski definition) is 6. The van der Waals surface area contributed by atoms with Crippen molar-refractivity contribution in [2.24, 2.45) is 5.73 Å². The fourth-order valence-corrected chi connectivity index (χ4v) is 1.92. The van der Waals surface area contributed by atoms with Crippen molar-refractivity contribution in [3.63, 3.8) is 0 Å². The maximum Gasteiger partial charge on any atom is 0.268 e. The van der Waals surface area contributed by atoms with Gasteiger partial charge in [0.05, 0.1) is 18.1 Å². The zero-order valence-corrected chi connectivity index (χ0v) is 11.1. The van der Waals surface area contributed by atoms with Gasteiger partial charge in [0.25, 0.3) is 5.91 Å². The number of carbonyl (C=O) groups excluding carboxylic acids is 1. The number of hydrogen-bond donors (Lipinski definition) is 1. The van der Waals surface area contributed by atoms with Crippen LogP contribution < -0.4 is 5.73 Å². The quantitative estimate of drug-likeness (QED) is 0.781. The van der Waals surface area contributed by atoms with Crippen LogP contribution in [0.25, 0.3) is 22.7 Å². The maximum absolute atomic E-state index is 11.0. The number of aromatic nitrogens is 4. The Kier molecular flexibility index (Phi) is 3.15.